The van der Waals surface area contributed by atoms with E-state index in [1.54, 1.807) is 0 Å². The van der Waals surface area contributed by atoms with E-state index in [1.807, 2.05) is 0 Å². The molecule has 0 bridgehead atoms. The molecular weight excluding hydrogens is 262 g/mol. The van der Waals surface area contributed by atoms with E-state index in [2.05, 4.69) is 5.32 Å². The maximum Gasteiger partial charge on any atom is 0.401 e. The minimum atomic E-state index is -5.25. The van der Waals surface area contributed by atoms with E-state index >= 15 is 0 Å². The summed E-state index contributed by atoms with van der Waals surface area (Å²) in [6, 6.07) is 0.388. The number of likely N-dealkylation sites (N-methyl/N-ethyl adjacent to an activating group) is 1. The van der Waals surface area contributed by atoms with Gasteiger partial charge in [-0.1, -0.05) is 0 Å². The second kappa shape index (κ2) is 5.64. The Labute approximate surface area is 101 Å². The quantitative estimate of drug-likeness (QED) is 0.751. The van der Waals surface area contributed by atoms with Gasteiger partial charge in [-0.2, -0.15) is 26.3 Å². The molecule has 0 radical (unpaired) electrons. The monoisotopic (exact) mass is 278 g/mol. The average molecular weight is 278 g/mol. The highest BCUT2D eigenvalue weighted by atomic mass is 19.4. The predicted molar refractivity (Wildman–Crippen MR) is 54.1 cm³/mol. The molecule has 0 heterocycles. The first-order chi connectivity index (χ1) is 8.10. The molecule has 0 aromatic carbocycles. The van der Waals surface area contributed by atoms with Gasteiger partial charge in [0.1, 0.15) is 0 Å². The van der Waals surface area contributed by atoms with Crippen LogP contribution in [0.3, 0.4) is 0 Å². The summed E-state index contributed by atoms with van der Waals surface area (Å²) < 4.78 is 73.6. The summed E-state index contributed by atoms with van der Waals surface area (Å²) in [5, 5.41) is 3.03. The van der Waals surface area contributed by atoms with Crippen molar-refractivity contribution in [1.29, 1.82) is 0 Å². The third-order valence-corrected chi connectivity index (χ3v) is 2.79. The van der Waals surface area contributed by atoms with Crippen molar-refractivity contribution in [2.45, 2.75) is 31.2 Å². The van der Waals surface area contributed by atoms with Crippen LogP contribution in [0.2, 0.25) is 0 Å². The molecule has 0 atom stereocenters. The summed E-state index contributed by atoms with van der Waals surface area (Å²) in [4.78, 5) is 1.06. The molecule has 0 unspecified atom stereocenters. The van der Waals surface area contributed by atoms with Crippen LogP contribution in [-0.4, -0.2) is 50.0 Å². The van der Waals surface area contributed by atoms with E-state index in [9.17, 15) is 26.3 Å². The van der Waals surface area contributed by atoms with E-state index in [4.69, 9.17) is 0 Å². The van der Waals surface area contributed by atoms with Crippen LogP contribution in [0, 0.1) is 5.92 Å². The Bertz CT molecular complexity index is 244. The highest BCUT2D eigenvalue weighted by Gasteiger charge is 2.56. The Hall–Kier alpha value is -0.500. The first kappa shape index (κ1) is 15.6. The lowest BCUT2D eigenvalue weighted by Gasteiger charge is -2.27. The Morgan fingerprint density at radius 3 is 2.00 bits per heavy atom. The zero-order valence-corrected chi connectivity index (χ0v) is 9.91. The van der Waals surface area contributed by atoms with E-state index in [0.717, 1.165) is 17.7 Å². The molecule has 0 aliphatic heterocycles. The highest BCUT2D eigenvalue weighted by molar-refractivity contribution is 4.82. The number of nitrogens with one attached hydrogen (secondary N) is 1. The molecule has 1 rings (SSSR count). The van der Waals surface area contributed by atoms with Crippen LogP contribution < -0.4 is 5.32 Å². The predicted octanol–water partition coefficient (Wildman–Crippen LogP) is 2.41. The topological polar surface area (TPSA) is 15.3 Å². The molecule has 0 saturated heterocycles. The van der Waals surface area contributed by atoms with Gasteiger partial charge in [-0.15, -0.1) is 0 Å². The summed E-state index contributed by atoms with van der Waals surface area (Å²) in [5.74, 6) is -3.28. The molecule has 0 amide bonds. The van der Waals surface area contributed by atoms with Crippen LogP contribution in [0.25, 0.3) is 0 Å². The molecule has 8 heteroatoms. The van der Waals surface area contributed by atoms with E-state index in [-0.39, 0.29) is 6.54 Å². The second-order valence-electron chi connectivity index (χ2n) is 4.63. The fourth-order valence-corrected chi connectivity index (χ4v) is 1.54. The number of alkyl halides is 6. The van der Waals surface area contributed by atoms with E-state index < -0.39 is 24.8 Å². The molecular formula is C10H16F6N2. The molecule has 0 spiro atoms. The summed E-state index contributed by atoms with van der Waals surface area (Å²) in [6.07, 6.45) is -8.46. The number of hydrogen-bond acceptors (Lipinski definition) is 2. The molecule has 1 N–H and O–H groups in total. The molecule has 0 aromatic rings. The van der Waals surface area contributed by atoms with Crippen molar-refractivity contribution in [3.05, 3.63) is 0 Å². The fourth-order valence-electron chi connectivity index (χ4n) is 1.54. The van der Waals surface area contributed by atoms with E-state index in [1.165, 1.54) is 7.05 Å². The van der Waals surface area contributed by atoms with Gasteiger partial charge in [0, 0.05) is 25.7 Å². The normalized spacial score (nSPS) is 17.8. The summed E-state index contributed by atoms with van der Waals surface area (Å²) in [6.45, 7) is -0.484. The van der Waals surface area contributed by atoms with Crippen molar-refractivity contribution in [3.8, 4) is 0 Å². The molecule has 1 aliphatic rings. The lowest BCUT2D eigenvalue weighted by atomic mass is 10.1. The first-order valence-corrected chi connectivity index (χ1v) is 5.66. The van der Waals surface area contributed by atoms with Crippen molar-refractivity contribution >= 4 is 0 Å². The van der Waals surface area contributed by atoms with Crippen molar-refractivity contribution < 1.29 is 26.3 Å². The maximum atomic E-state index is 12.3. The van der Waals surface area contributed by atoms with Gasteiger partial charge in [0.25, 0.3) is 0 Å². The SMILES string of the molecule is CN(CCNC1CC1)CC(C(F)(F)F)C(F)(F)F. The van der Waals surface area contributed by atoms with Gasteiger partial charge >= 0.3 is 12.4 Å². The molecule has 1 saturated carbocycles. The van der Waals surface area contributed by atoms with Crippen LogP contribution in [-0.2, 0) is 0 Å². The van der Waals surface area contributed by atoms with Gasteiger partial charge in [-0.25, -0.2) is 0 Å². The smallest absolute Gasteiger partial charge is 0.313 e. The highest BCUT2D eigenvalue weighted by Crippen LogP contribution is 2.39. The van der Waals surface area contributed by atoms with Crippen LogP contribution in [0.5, 0.6) is 0 Å². The minimum absolute atomic E-state index is 0.166. The largest absolute Gasteiger partial charge is 0.401 e. The molecule has 2 nitrogen and oxygen atoms in total. The van der Waals surface area contributed by atoms with E-state index in [0.29, 0.717) is 12.6 Å². The van der Waals surface area contributed by atoms with Crippen molar-refractivity contribution in [2.24, 2.45) is 5.92 Å². The second-order valence-corrected chi connectivity index (χ2v) is 4.63. The van der Waals surface area contributed by atoms with Crippen LogP contribution in [0.15, 0.2) is 0 Å². The Balaban J connectivity index is 2.38. The zero-order valence-electron chi connectivity index (χ0n) is 9.91. The number of rotatable bonds is 6. The first-order valence-electron chi connectivity index (χ1n) is 5.66. The number of nitrogens with zero attached hydrogens (tertiary/aromatic N) is 1. The standard InChI is InChI=1S/C10H16F6N2/c1-18(5-4-17-7-2-3-7)6-8(9(11,12)13)10(14,15)16/h7-8,17H,2-6H2,1H3. The summed E-state index contributed by atoms with van der Waals surface area (Å²) >= 11 is 0. The van der Waals surface area contributed by atoms with Crippen LogP contribution in [0.1, 0.15) is 12.8 Å². The Morgan fingerprint density at radius 1 is 1.11 bits per heavy atom. The van der Waals surface area contributed by atoms with Crippen molar-refractivity contribution in [2.75, 3.05) is 26.7 Å². The molecule has 108 valence electrons. The Morgan fingerprint density at radius 2 is 1.61 bits per heavy atom. The molecule has 1 fully saturated rings. The van der Waals surface area contributed by atoms with Crippen molar-refractivity contribution in [3.63, 3.8) is 0 Å². The van der Waals surface area contributed by atoms with Gasteiger partial charge in [-0.05, 0) is 19.9 Å². The molecule has 1 aliphatic carbocycles. The summed E-state index contributed by atoms with van der Waals surface area (Å²) in [5.41, 5.74) is 0. The van der Waals surface area contributed by atoms with Crippen LogP contribution in [0.4, 0.5) is 26.3 Å². The lowest BCUT2D eigenvalue weighted by Crippen LogP contribution is -2.45. The van der Waals surface area contributed by atoms with Crippen LogP contribution >= 0.6 is 0 Å². The van der Waals surface area contributed by atoms with Gasteiger partial charge < -0.3 is 10.2 Å². The fraction of sp³-hybridized carbons (Fsp3) is 1.00. The third-order valence-electron chi connectivity index (χ3n) is 2.79. The Kier molecular flexibility index (Phi) is 4.88. The lowest BCUT2D eigenvalue weighted by molar-refractivity contribution is -0.286. The van der Waals surface area contributed by atoms with Crippen molar-refractivity contribution in [1.82, 2.24) is 10.2 Å². The maximum absolute atomic E-state index is 12.3. The number of hydrogen-bond donors (Lipinski definition) is 1. The van der Waals surface area contributed by atoms with Gasteiger partial charge in [0.05, 0.1) is 0 Å². The van der Waals surface area contributed by atoms with Gasteiger partial charge in [0.15, 0.2) is 5.92 Å². The van der Waals surface area contributed by atoms with Gasteiger partial charge in [-0.3, -0.25) is 0 Å². The third kappa shape index (κ3) is 5.43. The minimum Gasteiger partial charge on any atom is -0.313 e. The van der Waals surface area contributed by atoms with Gasteiger partial charge in [0.2, 0.25) is 0 Å². The molecule has 0 aromatic heterocycles. The average Bonchev–Trinajstić information content (AvgIpc) is 2.94. The zero-order chi connectivity index (χ0) is 14.0. The number of halogens is 6. The summed E-state index contributed by atoms with van der Waals surface area (Å²) in [7, 11) is 1.26. The molecule has 18 heavy (non-hydrogen) atoms.